The maximum atomic E-state index is 6.29. The predicted molar refractivity (Wildman–Crippen MR) is 82.3 cm³/mol. The van der Waals surface area contributed by atoms with Gasteiger partial charge < -0.3 is 10.6 Å². The van der Waals surface area contributed by atoms with Gasteiger partial charge in [-0.15, -0.1) is 0 Å². The zero-order chi connectivity index (χ0) is 14.1. The molecule has 0 aromatic heterocycles. The van der Waals surface area contributed by atoms with Crippen LogP contribution in [0.25, 0.3) is 0 Å². The first kappa shape index (κ1) is 15.3. The second-order valence-corrected chi connectivity index (χ2v) is 7.51. The van der Waals surface area contributed by atoms with Crippen LogP contribution in [0.4, 0.5) is 0 Å². The van der Waals surface area contributed by atoms with E-state index in [1.54, 1.807) is 0 Å². The van der Waals surface area contributed by atoms with E-state index in [4.69, 9.17) is 5.73 Å². The Labute approximate surface area is 119 Å². The highest BCUT2D eigenvalue weighted by atomic mass is 15.2. The Morgan fingerprint density at radius 2 is 1.68 bits per heavy atom. The molecular weight excluding hydrogens is 234 g/mol. The van der Waals surface area contributed by atoms with Gasteiger partial charge in [-0.1, -0.05) is 26.7 Å². The van der Waals surface area contributed by atoms with Gasteiger partial charge in [0.25, 0.3) is 0 Å². The summed E-state index contributed by atoms with van der Waals surface area (Å²) >= 11 is 0. The molecule has 1 unspecified atom stereocenters. The highest BCUT2D eigenvalue weighted by molar-refractivity contribution is 5.06. The van der Waals surface area contributed by atoms with Gasteiger partial charge >= 0.3 is 0 Å². The van der Waals surface area contributed by atoms with Crippen molar-refractivity contribution >= 4 is 0 Å². The van der Waals surface area contributed by atoms with Crippen molar-refractivity contribution in [2.45, 2.75) is 64.0 Å². The van der Waals surface area contributed by atoms with Crippen LogP contribution >= 0.6 is 0 Å². The summed E-state index contributed by atoms with van der Waals surface area (Å²) in [6, 6.07) is 0.762. The molecule has 0 bridgehead atoms. The SMILES string of the molecule is CN(C)C1CCN(C2(CN)CCCCC2(C)C)CC1. The molecule has 0 radical (unpaired) electrons. The normalized spacial score (nSPS) is 33.8. The lowest BCUT2D eigenvalue weighted by molar-refractivity contribution is -0.0613. The minimum Gasteiger partial charge on any atom is -0.329 e. The van der Waals surface area contributed by atoms with Gasteiger partial charge in [-0.2, -0.15) is 0 Å². The Bertz CT molecular complexity index is 292. The summed E-state index contributed by atoms with van der Waals surface area (Å²) in [5, 5.41) is 0. The van der Waals surface area contributed by atoms with Crippen molar-refractivity contribution in [1.82, 2.24) is 9.80 Å². The molecule has 2 N–H and O–H groups in total. The fourth-order valence-corrected chi connectivity index (χ4v) is 4.46. The molecule has 0 spiro atoms. The van der Waals surface area contributed by atoms with Crippen LogP contribution in [-0.4, -0.2) is 55.1 Å². The fourth-order valence-electron chi connectivity index (χ4n) is 4.46. The van der Waals surface area contributed by atoms with Crippen LogP contribution in [0.2, 0.25) is 0 Å². The number of nitrogens with two attached hydrogens (primary N) is 1. The largest absolute Gasteiger partial charge is 0.329 e. The first-order chi connectivity index (χ1) is 8.93. The highest BCUT2D eigenvalue weighted by Crippen LogP contribution is 2.47. The Kier molecular flexibility index (Phi) is 4.59. The van der Waals surface area contributed by atoms with Crippen molar-refractivity contribution in [3.63, 3.8) is 0 Å². The molecule has 2 fully saturated rings. The fraction of sp³-hybridized carbons (Fsp3) is 1.00. The average Bonchev–Trinajstić information content (AvgIpc) is 2.39. The van der Waals surface area contributed by atoms with Crippen molar-refractivity contribution in [2.24, 2.45) is 11.1 Å². The Morgan fingerprint density at radius 1 is 1.11 bits per heavy atom. The summed E-state index contributed by atoms with van der Waals surface area (Å²) in [4.78, 5) is 5.13. The molecule has 3 nitrogen and oxygen atoms in total. The van der Waals surface area contributed by atoms with Gasteiger partial charge in [0.05, 0.1) is 0 Å². The topological polar surface area (TPSA) is 32.5 Å². The van der Waals surface area contributed by atoms with Crippen LogP contribution in [0.15, 0.2) is 0 Å². The molecule has 1 aliphatic heterocycles. The maximum Gasteiger partial charge on any atom is 0.0382 e. The molecule has 1 aliphatic carbocycles. The number of hydrogen-bond acceptors (Lipinski definition) is 3. The summed E-state index contributed by atoms with van der Waals surface area (Å²) in [6.45, 7) is 8.16. The van der Waals surface area contributed by atoms with E-state index in [2.05, 4.69) is 37.7 Å². The third-order valence-electron chi connectivity index (χ3n) is 6.04. The monoisotopic (exact) mass is 267 g/mol. The summed E-state index contributed by atoms with van der Waals surface area (Å²) in [5.74, 6) is 0. The van der Waals surface area contributed by atoms with Crippen LogP contribution < -0.4 is 5.73 Å². The molecule has 1 saturated heterocycles. The average molecular weight is 267 g/mol. The van der Waals surface area contributed by atoms with Gasteiger partial charge in [0, 0.05) is 31.2 Å². The molecule has 0 aromatic carbocycles. The summed E-state index contributed by atoms with van der Waals surface area (Å²) < 4.78 is 0. The van der Waals surface area contributed by atoms with Gasteiger partial charge in [0.2, 0.25) is 0 Å². The van der Waals surface area contributed by atoms with E-state index in [-0.39, 0.29) is 5.54 Å². The summed E-state index contributed by atoms with van der Waals surface area (Å²) in [5.41, 5.74) is 6.91. The first-order valence-corrected chi connectivity index (χ1v) is 8.04. The molecular formula is C16H33N3. The Hall–Kier alpha value is -0.120. The molecule has 1 atom stereocenters. The van der Waals surface area contributed by atoms with Gasteiger partial charge in [-0.05, 0) is 45.2 Å². The van der Waals surface area contributed by atoms with Gasteiger partial charge in [-0.25, -0.2) is 0 Å². The molecule has 1 heterocycles. The smallest absolute Gasteiger partial charge is 0.0382 e. The van der Waals surface area contributed by atoms with E-state index < -0.39 is 0 Å². The standard InChI is InChI=1S/C16H33N3/c1-15(2)9-5-6-10-16(15,13-17)19-11-7-14(8-12-19)18(3)4/h14H,5-13,17H2,1-4H3. The third kappa shape index (κ3) is 2.70. The zero-order valence-corrected chi connectivity index (χ0v) is 13.4. The molecule has 1 saturated carbocycles. The lowest BCUT2D eigenvalue weighted by Crippen LogP contribution is -2.65. The van der Waals surface area contributed by atoms with Crippen molar-refractivity contribution in [2.75, 3.05) is 33.7 Å². The predicted octanol–water partition coefficient (Wildman–Crippen LogP) is 2.31. The van der Waals surface area contributed by atoms with Crippen LogP contribution in [0.3, 0.4) is 0 Å². The summed E-state index contributed by atoms with van der Waals surface area (Å²) in [6.07, 6.45) is 7.95. The molecule has 112 valence electrons. The van der Waals surface area contributed by atoms with E-state index in [0.29, 0.717) is 5.41 Å². The van der Waals surface area contributed by atoms with Crippen molar-refractivity contribution < 1.29 is 0 Å². The van der Waals surface area contributed by atoms with Gasteiger partial charge in [0.1, 0.15) is 0 Å². The second-order valence-electron chi connectivity index (χ2n) is 7.51. The van der Waals surface area contributed by atoms with Crippen LogP contribution in [0.1, 0.15) is 52.4 Å². The molecule has 0 aromatic rings. The third-order valence-corrected chi connectivity index (χ3v) is 6.04. The quantitative estimate of drug-likeness (QED) is 0.852. The second kappa shape index (κ2) is 5.71. The highest BCUT2D eigenvalue weighted by Gasteiger charge is 2.49. The van der Waals surface area contributed by atoms with Crippen LogP contribution in [0, 0.1) is 5.41 Å². The zero-order valence-electron chi connectivity index (χ0n) is 13.4. The first-order valence-electron chi connectivity index (χ1n) is 8.04. The molecule has 2 rings (SSSR count). The summed E-state index contributed by atoms with van der Waals surface area (Å²) in [7, 11) is 4.42. The van der Waals surface area contributed by atoms with E-state index >= 15 is 0 Å². The van der Waals surface area contributed by atoms with E-state index in [1.807, 2.05) is 0 Å². The Balaban J connectivity index is 2.10. The Morgan fingerprint density at radius 3 is 2.16 bits per heavy atom. The van der Waals surface area contributed by atoms with Crippen LogP contribution in [-0.2, 0) is 0 Å². The lowest BCUT2D eigenvalue weighted by atomic mass is 9.61. The van der Waals surface area contributed by atoms with Crippen molar-refractivity contribution in [3.8, 4) is 0 Å². The van der Waals surface area contributed by atoms with E-state index in [9.17, 15) is 0 Å². The minimum absolute atomic E-state index is 0.253. The molecule has 0 amide bonds. The lowest BCUT2D eigenvalue weighted by Gasteiger charge is -2.58. The van der Waals surface area contributed by atoms with Gasteiger partial charge in [0.15, 0.2) is 0 Å². The number of rotatable bonds is 3. The van der Waals surface area contributed by atoms with Crippen molar-refractivity contribution in [3.05, 3.63) is 0 Å². The number of hydrogen-bond donors (Lipinski definition) is 1. The number of nitrogens with zero attached hydrogens (tertiary/aromatic N) is 2. The number of piperidine rings is 1. The molecule has 2 aliphatic rings. The minimum atomic E-state index is 0.253. The van der Waals surface area contributed by atoms with Gasteiger partial charge in [-0.3, -0.25) is 4.90 Å². The molecule has 3 heteroatoms. The van der Waals surface area contributed by atoms with E-state index in [1.165, 1.54) is 51.6 Å². The number of likely N-dealkylation sites (tertiary alicyclic amines) is 1. The molecule has 19 heavy (non-hydrogen) atoms. The van der Waals surface area contributed by atoms with Crippen LogP contribution in [0.5, 0.6) is 0 Å². The van der Waals surface area contributed by atoms with Crippen molar-refractivity contribution in [1.29, 1.82) is 0 Å². The maximum absolute atomic E-state index is 6.29. The van der Waals surface area contributed by atoms with E-state index in [0.717, 1.165) is 12.6 Å².